The summed E-state index contributed by atoms with van der Waals surface area (Å²) in [6.45, 7) is 0. The van der Waals surface area contributed by atoms with E-state index in [9.17, 15) is 4.79 Å². The number of alkyl halides is 1. The van der Waals surface area contributed by atoms with Crippen LogP contribution in [0.2, 0.25) is 5.02 Å². The summed E-state index contributed by atoms with van der Waals surface area (Å²) in [5.41, 5.74) is 1.91. The summed E-state index contributed by atoms with van der Waals surface area (Å²) in [6.07, 6.45) is 0.257. The molecule has 0 N–H and O–H groups in total. The molecule has 0 unspecified atom stereocenters. The van der Waals surface area contributed by atoms with Crippen LogP contribution in [-0.2, 0) is 21.3 Å². The molecule has 2 nitrogen and oxygen atoms in total. The van der Waals surface area contributed by atoms with Gasteiger partial charge in [-0.05, 0) is 39.2 Å². The van der Waals surface area contributed by atoms with E-state index in [0.717, 1.165) is 15.6 Å². The van der Waals surface area contributed by atoms with Gasteiger partial charge in [0.25, 0.3) is 0 Å². The number of hydrogen-bond acceptors (Lipinski definition) is 2. The van der Waals surface area contributed by atoms with Crippen molar-refractivity contribution in [1.82, 2.24) is 0 Å². The van der Waals surface area contributed by atoms with Crippen molar-refractivity contribution in [3.8, 4) is 0 Å². The molecule has 0 spiro atoms. The van der Waals surface area contributed by atoms with Crippen molar-refractivity contribution in [2.45, 2.75) is 11.8 Å². The molecule has 0 atom stereocenters. The van der Waals surface area contributed by atoms with E-state index in [0.29, 0.717) is 10.4 Å². The third-order valence-electron chi connectivity index (χ3n) is 1.95. The van der Waals surface area contributed by atoms with E-state index in [2.05, 4.69) is 36.6 Å². The molecular weight excluding hydrogens is 347 g/mol. The number of rotatable bonds is 3. The Bertz CT molecular complexity index is 380. The normalized spacial score (nSPS) is 10.1. The highest BCUT2D eigenvalue weighted by atomic mass is 79.9. The van der Waals surface area contributed by atoms with E-state index in [-0.39, 0.29) is 12.4 Å². The maximum atomic E-state index is 11.2. The average Bonchev–Trinajstić information content (AvgIpc) is 2.22. The molecule has 0 saturated carbocycles. The Morgan fingerprint density at radius 2 is 2.13 bits per heavy atom. The molecule has 0 fully saturated rings. The predicted octanol–water partition coefficient (Wildman–Crippen LogP) is 3.71. The zero-order chi connectivity index (χ0) is 11.4. The quantitative estimate of drug-likeness (QED) is 0.610. The molecule has 5 heteroatoms. The van der Waals surface area contributed by atoms with Crippen LogP contribution in [-0.4, -0.2) is 13.1 Å². The van der Waals surface area contributed by atoms with Gasteiger partial charge in [-0.25, -0.2) is 0 Å². The van der Waals surface area contributed by atoms with Crippen molar-refractivity contribution in [2.24, 2.45) is 0 Å². The highest BCUT2D eigenvalue weighted by Gasteiger charge is 2.10. The number of ether oxygens (including phenoxy) is 1. The first kappa shape index (κ1) is 13.0. The highest BCUT2D eigenvalue weighted by Crippen LogP contribution is 2.28. The second kappa shape index (κ2) is 5.87. The van der Waals surface area contributed by atoms with Crippen LogP contribution in [0.1, 0.15) is 11.1 Å². The van der Waals surface area contributed by atoms with Crippen LogP contribution in [0.15, 0.2) is 16.6 Å². The van der Waals surface area contributed by atoms with E-state index >= 15 is 0 Å². The Morgan fingerprint density at radius 3 is 2.67 bits per heavy atom. The molecule has 1 aromatic carbocycles. The molecule has 82 valence electrons. The summed E-state index contributed by atoms with van der Waals surface area (Å²) in [4.78, 5) is 11.2. The maximum absolute atomic E-state index is 11.2. The summed E-state index contributed by atoms with van der Waals surface area (Å²) in [5.74, 6) is -0.258. The van der Waals surface area contributed by atoms with Gasteiger partial charge in [0.05, 0.1) is 18.6 Å². The zero-order valence-electron chi connectivity index (χ0n) is 8.02. The van der Waals surface area contributed by atoms with Crippen molar-refractivity contribution in [3.05, 3.63) is 32.8 Å². The Morgan fingerprint density at radius 1 is 1.47 bits per heavy atom. The van der Waals surface area contributed by atoms with Crippen LogP contribution in [0.4, 0.5) is 0 Å². The van der Waals surface area contributed by atoms with Gasteiger partial charge in [-0.1, -0.05) is 27.5 Å². The smallest absolute Gasteiger partial charge is 0.309 e. The van der Waals surface area contributed by atoms with Crippen LogP contribution < -0.4 is 0 Å². The first-order valence-electron chi connectivity index (χ1n) is 4.18. The van der Waals surface area contributed by atoms with E-state index < -0.39 is 0 Å². The fourth-order valence-corrected chi connectivity index (χ4v) is 2.24. The SMILES string of the molecule is COC(=O)Cc1cc(Br)c(Cl)cc1CBr. The lowest BCUT2D eigenvalue weighted by atomic mass is 10.1. The third-order valence-corrected chi connectivity index (χ3v) is 3.75. The lowest BCUT2D eigenvalue weighted by Gasteiger charge is -2.08. The van der Waals surface area contributed by atoms with Crippen LogP contribution in [0, 0.1) is 0 Å². The van der Waals surface area contributed by atoms with Crippen molar-refractivity contribution < 1.29 is 9.53 Å². The Labute approximate surface area is 110 Å². The molecule has 0 aliphatic heterocycles. The average molecular weight is 356 g/mol. The van der Waals surface area contributed by atoms with E-state index in [4.69, 9.17) is 11.6 Å². The Balaban J connectivity index is 3.05. The number of halogens is 3. The molecule has 0 saturated heterocycles. The second-order valence-corrected chi connectivity index (χ2v) is 4.74. The van der Waals surface area contributed by atoms with Gasteiger partial charge in [0.1, 0.15) is 0 Å². The molecule has 0 aliphatic rings. The van der Waals surface area contributed by atoms with Gasteiger partial charge in [0.15, 0.2) is 0 Å². The maximum Gasteiger partial charge on any atom is 0.309 e. The standard InChI is InChI=1S/C10H9Br2ClO2/c1-15-10(14)4-6-2-8(12)9(13)3-7(6)5-11/h2-3H,4-5H2,1H3. The summed E-state index contributed by atoms with van der Waals surface area (Å²) >= 11 is 12.6. The number of carbonyl (C=O) groups excluding carboxylic acids is 1. The molecule has 0 aromatic heterocycles. The number of hydrogen-bond donors (Lipinski definition) is 0. The summed E-state index contributed by atoms with van der Waals surface area (Å²) in [7, 11) is 1.38. The first-order chi connectivity index (χ1) is 7.08. The van der Waals surface area contributed by atoms with Gasteiger partial charge in [-0.15, -0.1) is 0 Å². The van der Waals surface area contributed by atoms with Gasteiger partial charge in [0.2, 0.25) is 0 Å². The molecule has 0 bridgehead atoms. The molecule has 1 rings (SSSR count). The minimum Gasteiger partial charge on any atom is -0.469 e. The van der Waals surface area contributed by atoms with E-state index in [1.54, 1.807) is 0 Å². The zero-order valence-corrected chi connectivity index (χ0v) is 11.9. The number of carbonyl (C=O) groups is 1. The van der Waals surface area contributed by atoms with Gasteiger partial charge >= 0.3 is 5.97 Å². The molecule has 1 aromatic rings. The van der Waals surface area contributed by atoms with Gasteiger partial charge < -0.3 is 4.74 Å². The van der Waals surface area contributed by atoms with Crippen molar-refractivity contribution in [1.29, 1.82) is 0 Å². The van der Waals surface area contributed by atoms with Gasteiger partial charge in [-0.3, -0.25) is 4.79 Å². The Kier molecular flexibility index (Phi) is 5.09. The predicted molar refractivity (Wildman–Crippen MR) is 67.5 cm³/mol. The van der Waals surface area contributed by atoms with Gasteiger partial charge in [0, 0.05) is 9.80 Å². The fraction of sp³-hybridized carbons (Fsp3) is 0.300. The summed E-state index contributed by atoms with van der Waals surface area (Å²) in [5, 5.41) is 1.30. The van der Waals surface area contributed by atoms with Crippen molar-refractivity contribution in [2.75, 3.05) is 7.11 Å². The minimum atomic E-state index is -0.258. The summed E-state index contributed by atoms with van der Waals surface area (Å²) < 4.78 is 5.41. The lowest BCUT2D eigenvalue weighted by molar-refractivity contribution is -0.139. The molecule has 0 aliphatic carbocycles. The largest absolute Gasteiger partial charge is 0.469 e. The minimum absolute atomic E-state index is 0.257. The number of methoxy groups -OCH3 is 1. The van der Waals surface area contributed by atoms with Crippen LogP contribution >= 0.6 is 43.5 Å². The van der Waals surface area contributed by atoms with Gasteiger partial charge in [-0.2, -0.15) is 0 Å². The van der Waals surface area contributed by atoms with Crippen LogP contribution in [0.5, 0.6) is 0 Å². The van der Waals surface area contributed by atoms with Crippen molar-refractivity contribution >= 4 is 49.4 Å². The van der Waals surface area contributed by atoms with E-state index in [1.807, 2.05) is 12.1 Å². The third kappa shape index (κ3) is 3.47. The topological polar surface area (TPSA) is 26.3 Å². The first-order valence-corrected chi connectivity index (χ1v) is 6.47. The molecule has 0 heterocycles. The lowest BCUT2D eigenvalue weighted by Crippen LogP contribution is -2.06. The molecular formula is C10H9Br2ClO2. The number of benzene rings is 1. The summed E-state index contributed by atoms with van der Waals surface area (Å²) in [6, 6.07) is 3.68. The molecule has 0 amide bonds. The van der Waals surface area contributed by atoms with E-state index in [1.165, 1.54) is 7.11 Å². The highest BCUT2D eigenvalue weighted by molar-refractivity contribution is 9.10. The molecule has 0 radical (unpaired) electrons. The monoisotopic (exact) mass is 354 g/mol. The second-order valence-electron chi connectivity index (χ2n) is 2.92. The number of esters is 1. The fourth-order valence-electron chi connectivity index (χ4n) is 1.15. The Hall–Kier alpha value is -0.0600. The molecule has 15 heavy (non-hydrogen) atoms. The van der Waals surface area contributed by atoms with Crippen molar-refractivity contribution in [3.63, 3.8) is 0 Å². The van der Waals surface area contributed by atoms with Crippen LogP contribution in [0.3, 0.4) is 0 Å². The van der Waals surface area contributed by atoms with Crippen LogP contribution in [0.25, 0.3) is 0 Å².